The summed E-state index contributed by atoms with van der Waals surface area (Å²) in [4.78, 5) is 30.3. The Morgan fingerprint density at radius 1 is 1.38 bits per heavy atom. The summed E-state index contributed by atoms with van der Waals surface area (Å²) in [5.41, 5.74) is 2.69. The normalized spacial score (nSPS) is 17.4. The van der Waals surface area contributed by atoms with Crippen LogP contribution in [-0.4, -0.2) is 47.4 Å². The summed E-state index contributed by atoms with van der Waals surface area (Å²) in [5, 5.41) is 0.0259. The Kier molecular flexibility index (Phi) is 4.73. The van der Waals surface area contributed by atoms with Crippen LogP contribution < -0.4 is 5.56 Å². The predicted octanol–water partition coefficient (Wildman–Crippen LogP) is 2.16. The monoisotopic (exact) mass is 345 g/mol. The molecule has 0 bridgehead atoms. The maximum absolute atomic E-state index is 12.6. The Morgan fingerprint density at radius 3 is 2.79 bits per heavy atom. The molecule has 0 saturated carbocycles. The molecule has 24 heavy (non-hydrogen) atoms. The van der Waals surface area contributed by atoms with Crippen molar-refractivity contribution < 1.29 is 4.79 Å². The van der Waals surface area contributed by atoms with Gasteiger partial charge in [0.15, 0.2) is 0 Å². The van der Waals surface area contributed by atoms with E-state index in [2.05, 4.69) is 41.2 Å². The second kappa shape index (κ2) is 6.79. The lowest BCUT2D eigenvalue weighted by molar-refractivity contribution is 0.0733. The number of nitrogens with zero attached hydrogens (tertiary/aromatic N) is 2. The van der Waals surface area contributed by atoms with Crippen molar-refractivity contribution in [2.24, 2.45) is 0 Å². The van der Waals surface area contributed by atoms with E-state index in [1.165, 1.54) is 23.4 Å². The minimum absolute atomic E-state index is 0.0259. The molecular formula is C18H20ClN3O2. The van der Waals surface area contributed by atoms with Gasteiger partial charge in [-0.2, -0.15) is 0 Å². The van der Waals surface area contributed by atoms with Gasteiger partial charge in [0.05, 0.1) is 5.56 Å². The molecule has 0 radical (unpaired) electrons. The number of amides is 1. The fourth-order valence-corrected chi connectivity index (χ4v) is 3.29. The summed E-state index contributed by atoms with van der Waals surface area (Å²) < 4.78 is 0. The number of hydrogen-bond acceptors (Lipinski definition) is 3. The van der Waals surface area contributed by atoms with Crippen LogP contribution in [0.3, 0.4) is 0 Å². The molecule has 1 atom stereocenters. The largest absolute Gasteiger partial charge is 0.340 e. The molecule has 2 aromatic rings. The molecule has 0 saturated heterocycles. The summed E-state index contributed by atoms with van der Waals surface area (Å²) >= 11 is 5.81. The van der Waals surface area contributed by atoms with Crippen molar-refractivity contribution in [3.05, 3.63) is 68.6 Å². The highest BCUT2D eigenvalue weighted by molar-refractivity contribution is 6.30. The molecule has 6 heteroatoms. The number of carbonyl (C=O) groups excluding carboxylic acids is 1. The molecule has 1 N–H and O–H groups in total. The third-order valence-electron chi connectivity index (χ3n) is 4.55. The van der Waals surface area contributed by atoms with Gasteiger partial charge in [-0.3, -0.25) is 14.5 Å². The number of benzene rings is 1. The van der Waals surface area contributed by atoms with E-state index in [1.54, 1.807) is 11.9 Å². The minimum Gasteiger partial charge on any atom is -0.340 e. The van der Waals surface area contributed by atoms with Crippen molar-refractivity contribution in [1.29, 1.82) is 0 Å². The number of halogens is 1. The Bertz CT molecular complexity index is 818. The standard InChI is InChI=1S/C18H20ClN3O2/c1-21-10-13-6-4-3-5-12(13)7-15(21)11-22(2)18(24)14-8-16(19)17(23)20-9-14/h3-6,8-9,15H,7,10-11H2,1-2H3,(H,20,23). The molecular weight excluding hydrogens is 326 g/mol. The number of H-pyrrole nitrogens is 1. The molecule has 126 valence electrons. The van der Waals surface area contributed by atoms with Crippen molar-refractivity contribution in [2.75, 3.05) is 20.6 Å². The quantitative estimate of drug-likeness (QED) is 0.927. The van der Waals surface area contributed by atoms with Gasteiger partial charge in [0, 0.05) is 32.4 Å². The Morgan fingerprint density at radius 2 is 2.08 bits per heavy atom. The molecule has 1 aromatic carbocycles. The SMILES string of the molecule is CN(CC1Cc2ccccc2CN1C)C(=O)c1c[nH]c(=O)c(Cl)c1. The number of rotatable bonds is 3. The first kappa shape index (κ1) is 16.7. The Hall–Kier alpha value is -2.11. The zero-order valence-electron chi connectivity index (χ0n) is 13.8. The van der Waals surface area contributed by atoms with Crippen LogP contribution in [0.4, 0.5) is 0 Å². The van der Waals surface area contributed by atoms with Gasteiger partial charge < -0.3 is 9.88 Å². The number of aromatic amines is 1. The summed E-state index contributed by atoms with van der Waals surface area (Å²) in [5.74, 6) is -0.152. The van der Waals surface area contributed by atoms with Crippen LogP contribution >= 0.6 is 11.6 Å². The molecule has 0 aliphatic carbocycles. The van der Waals surface area contributed by atoms with Gasteiger partial charge in [-0.25, -0.2) is 0 Å². The minimum atomic E-state index is -0.389. The first-order valence-electron chi connectivity index (χ1n) is 7.86. The van der Waals surface area contributed by atoms with E-state index < -0.39 is 0 Å². The van der Waals surface area contributed by atoms with E-state index in [9.17, 15) is 9.59 Å². The van der Waals surface area contributed by atoms with E-state index in [-0.39, 0.29) is 22.5 Å². The van der Waals surface area contributed by atoms with Crippen LogP contribution in [0.2, 0.25) is 5.02 Å². The smallest absolute Gasteiger partial charge is 0.266 e. The highest BCUT2D eigenvalue weighted by Gasteiger charge is 2.26. The first-order chi connectivity index (χ1) is 11.5. The van der Waals surface area contributed by atoms with Crippen molar-refractivity contribution >= 4 is 17.5 Å². The molecule has 5 nitrogen and oxygen atoms in total. The Balaban J connectivity index is 1.72. The van der Waals surface area contributed by atoms with E-state index in [4.69, 9.17) is 11.6 Å². The fraction of sp³-hybridized carbons (Fsp3) is 0.333. The van der Waals surface area contributed by atoms with Gasteiger partial charge in [-0.05, 0) is 30.7 Å². The van der Waals surface area contributed by atoms with E-state index in [1.807, 2.05) is 0 Å². The molecule has 1 aromatic heterocycles. The van der Waals surface area contributed by atoms with Crippen LogP contribution in [0.5, 0.6) is 0 Å². The number of hydrogen-bond donors (Lipinski definition) is 1. The molecule has 3 rings (SSSR count). The number of aromatic nitrogens is 1. The molecule has 0 spiro atoms. The average molecular weight is 346 g/mol. The first-order valence-corrected chi connectivity index (χ1v) is 8.24. The van der Waals surface area contributed by atoms with Gasteiger partial charge >= 0.3 is 0 Å². The molecule has 1 aliphatic rings. The third-order valence-corrected chi connectivity index (χ3v) is 4.83. The molecule has 0 fully saturated rings. The van der Waals surface area contributed by atoms with Crippen LogP contribution in [0.15, 0.2) is 41.3 Å². The van der Waals surface area contributed by atoms with Crippen molar-refractivity contribution in [3.8, 4) is 0 Å². The number of likely N-dealkylation sites (N-methyl/N-ethyl adjacent to an activating group) is 2. The van der Waals surface area contributed by atoms with Crippen LogP contribution in [0.1, 0.15) is 21.5 Å². The lowest BCUT2D eigenvalue weighted by Crippen LogP contribution is -2.46. The summed E-state index contributed by atoms with van der Waals surface area (Å²) in [6, 6.07) is 10.1. The van der Waals surface area contributed by atoms with Crippen molar-refractivity contribution in [2.45, 2.75) is 19.0 Å². The molecule has 2 heterocycles. The van der Waals surface area contributed by atoms with Crippen LogP contribution in [0.25, 0.3) is 0 Å². The van der Waals surface area contributed by atoms with Gasteiger partial charge in [-0.1, -0.05) is 35.9 Å². The van der Waals surface area contributed by atoms with Gasteiger partial charge in [-0.15, -0.1) is 0 Å². The molecule has 1 unspecified atom stereocenters. The molecule has 1 aliphatic heterocycles. The maximum Gasteiger partial charge on any atom is 0.266 e. The number of fused-ring (bicyclic) bond motifs is 1. The van der Waals surface area contributed by atoms with Gasteiger partial charge in [0.25, 0.3) is 11.5 Å². The lowest BCUT2D eigenvalue weighted by atomic mass is 9.94. The fourth-order valence-electron chi connectivity index (χ4n) is 3.12. The van der Waals surface area contributed by atoms with Crippen LogP contribution in [-0.2, 0) is 13.0 Å². The number of pyridine rings is 1. The van der Waals surface area contributed by atoms with E-state index >= 15 is 0 Å². The topological polar surface area (TPSA) is 56.4 Å². The summed E-state index contributed by atoms with van der Waals surface area (Å²) in [7, 11) is 3.85. The molecule has 1 amide bonds. The third kappa shape index (κ3) is 3.37. The van der Waals surface area contributed by atoms with Gasteiger partial charge in [0.2, 0.25) is 0 Å². The highest BCUT2D eigenvalue weighted by Crippen LogP contribution is 2.22. The average Bonchev–Trinajstić information content (AvgIpc) is 2.57. The van der Waals surface area contributed by atoms with Crippen LogP contribution in [0, 0.1) is 0 Å². The summed E-state index contributed by atoms with van der Waals surface area (Å²) in [6.45, 7) is 1.49. The number of nitrogens with one attached hydrogen (secondary N) is 1. The number of carbonyl (C=O) groups is 1. The zero-order valence-corrected chi connectivity index (χ0v) is 14.5. The highest BCUT2D eigenvalue weighted by atomic mass is 35.5. The van der Waals surface area contributed by atoms with E-state index in [0.717, 1.165) is 13.0 Å². The summed E-state index contributed by atoms with van der Waals surface area (Å²) in [6.07, 6.45) is 2.32. The lowest BCUT2D eigenvalue weighted by Gasteiger charge is -2.36. The maximum atomic E-state index is 12.6. The van der Waals surface area contributed by atoms with Gasteiger partial charge in [0.1, 0.15) is 5.02 Å². The van der Waals surface area contributed by atoms with Crippen molar-refractivity contribution in [1.82, 2.24) is 14.8 Å². The Labute approximate surface area is 145 Å². The predicted molar refractivity (Wildman–Crippen MR) is 94.4 cm³/mol. The second-order valence-electron chi connectivity index (χ2n) is 6.29. The van der Waals surface area contributed by atoms with E-state index in [0.29, 0.717) is 12.1 Å². The zero-order chi connectivity index (χ0) is 17.3. The van der Waals surface area contributed by atoms with Crippen molar-refractivity contribution in [3.63, 3.8) is 0 Å². The second-order valence-corrected chi connectivity index (χ2v) is 6.70.